The summed E-state index contributed by atoms with van der Waals surface area (Å²) >= 11 is 1.51. The number of hydrogen-bond donors (Lipinski definition) is 2. The molecule has 0 radical (unpaired) electrons. The van der Waals surface area contributed by atoms with Crippen LogP contribution in [0.4, 0.5) is 5.69 Å². The zero-order chi connectivity index (χ0) is 11.4. The van der Waals surface area contributed by atoms with Gasteiger partial charge in [0, 0.05) is 23.7 Å². The Labute approximate surface area is 96.9 Å². The number of anilines is 1. The Bertz CT molecular complexity index is 463. The van der Waals surface area contributed by atoms with Crippen molar-refractivity contribution < 1.29 is 4.79 Å². The van der Waals surface area contributed by atoms with E-state index in [-0.39, 0.29) is 5.91 Å². The Morgan fingerprint density at radius 2 is 2.50 bits per heavy atom. The molecule has 84 valence electrons. The summed E-state index contributed by atoms with van der Waals surface area (Å²) in [7, 11) is 0. The predicted octanol–water partition coefficient (Wildman–Crippen LogP) is 0.957. The molecule has 0 unspecified atom stereocenters. The van der Waals surface area contributed by atoms with Crippen LogP contribution in [0.2, 0.25) is 0 Å². The summed E-state index contributed by atoms with van der Waals surface area (Å²) in [5.41, 5.74) is 6.85. The summed E-state index contributed by atoms with van der Waals surface area (Å²) in [5, 5.41) is 10.5. The van der Waals surface area contributed by atoms with Crippen LogP contribution in [0, 0.1) is 0 Å². The number of carbonyl (C=O) groups is 1. The molecule has 2 aromatic heterocycles. The second kappa shape index (κ2) is 4.80. The Kier molecular flexibility index (Phi) is 3.21. The maximum absolute atomic E-state index is 11.5. The van der Waals surface area contributed by atoms with Crippen LogP contribution in [0.5, 0.6) is 0 Å². The summed E-state index contributed by atoms with van der Waals surface area (Å²) in [4.78, 5) is 11.5. The normalized spacial score (nSPS) is 10.2. The van der Waals surface area contributed by atoms with Gasteiger partial charge in [-0.1, -0.05) is 0 Å². The van der Waals surface area contributed by atoms with Gasteiger partial charge in [-0.25, -0.2) is 0 Å². The molecular weight excluding hydrogens is 224 g/mol. The summed E-state index contributed by atoms with van der Waals surface area (Å²) in [6.07, 6.45) is 3.32. The molecule has 0 bridgehead atoms. The fourth-order valence-corrected chi connectivity index (χ4v) is 1.92. The standard InChI is InChI=1S/C10H12N4OS/c11-9-5-13-14(6-9)3-2-12-10(15)8-1-4-16-7-8/h1,4-7H,2-3,11H2,(H,12,15). The van der Waals surface area contributed by atoms with Crippen LogP contribution in [0.1, 0.15) is 10.4 Å². The lowest BCUT2D eigenvalue weighted by molar-refractivity contribution is 0.0952. The first-order chi connectivity index (χ1) is 7.75. The Morgan fingerprint density at radius 3 is 3.12 bits per heavy atom. The third-order valence-electron chi connectivity index (χ3n) is 2.06. The highest BCUT2D eigenvalue weighted by Crippen LogP contribution is 2.05. The van der Waals surface area contributed by atoms with Crippen LogP contribution >= 0.6 is 11.3 Å². The maximum atomic E-state index is 11.5. The number of rotatable bonds is 4. The average Bonchev–Trinajstić information content (AvgIpc) is 2.89. The number of amides is 1. The van der Waals surface area contributed by atoms with Gasteiger partial charge in [-0.3, -0.25) is 9.48 Å². The molecule has 0 aliphatic heterocycles. The van der Waals surface area contributed by atoms with Crippen molar-refractivity contribution >= 4 is 22.9 Å². The highest BCUT2D eigenvalue weighted by molar-refractivity contribution is 7.08. The number of nitrogens with zero attached hydrogens (tertiary/aromatic N) is 2. The molecule has 0 fully saturated rings. The van der Waals surface area contributed by atoms with Crippen LogP contribution in [-0.4, -0.2) is 22.2 Å². The minimum atomic E-state index is -0.0543. The molecule has 2 rings (SSSR count). The first-order valence-electron chi connectivity index (χ1n) is 4.84. The maximum Gasteiger partial charge on any atom is 0.252 e. The quantitative estimate of drug-likeness (QED) is 0.830. The average molecular weight is 236 g/mol. The van der Waals surface area contributed by atoms with Gasteiger partial charge in [-0.05, 0) is 11.4 Å². The van der Waals surface area contributed by atoms with E-state index in [0.717, 1.165) is 0 Å². The zero-order valence-electron chi connectivity index (χ0n) is 8.59. The van der Waals surface area contributed by atoms with Crippen molar-refractivity contribution in [2.45, 2.75) is 6.54 Å². The molecule has 0 saturated carbocycles. The highest BCUT2D eigenvalue weighted by Gasteiger charge is 2.04. The van der Waals surface area contributed by atoms with Crippen LogP contribution in [0.25, 0.3) is 0 Å². The number of thiophene rings is 1. The monoisotopic (exact) mass is 236 g/mol. The highest BCUT2D eigenvalue weighted by atomic mass is 32.1. The molecule has 0 spiro atoms. The summed E-state index contributed by atoms with van der Waals surface area (Å²) < 4.78 is 1.70. The molecule has 0 aliphatic carbocycles. The SMILES string of the molecule is Nc1cnn(CCNC(=O)c2ccsc2)c1. The van der Waals surface area contributed by atoms with E-state index < -0.39 is 0 Å². The van der Waals surface area contributed by atoms with Crippen molar-refractivity contribution in [3.63, 3.8) is 0 Å². The van der Waals surface area contributed by atoms with Gasteiger partial charge < -0.3 is 11.1 Å². The van der Waals surface area contributed by atoms with Crippen molar-refractivity contribution in [1.82, 2.24) is 15.1 Å². The second-order valence-corrected chi connectivity index (χ2v) is 4.08. The van der Waals surface area contributed by atoms with E-state index in [0.29, 0.717) is 24.3 Å². The topological polar surface area (TPSA) is 72.9 Å². The zero-order valence-corrected chi connectivity index (χ0v) is 9.41. The molecule has 6 heteroatoms. The van der Waals surface area contributed by atoms with Crippen LogP contribution in [0.3, 0.4) is 0 Å². The first-order valence-corrected chi connectivity index (χ1v) is 5.78. The number of carbonyl (C=O) groups excluding carboxylic acids is 1. The van der Waals surface area contributed by atoms with E-state index in [1.807, 2.05) is 10.8 Å². The van der Waals surface area contributed by atoms with Gasteiger partial charge in [0.1, 0.15) is 0 Å². The molecule has 3 N–H and O–H groups in total. The molecule has 0 saturated heterocycles. The molecule has 1 amide bonds. The van der Waals surface area contributed by atoms with E-state index in [1.54, 1.807) is 23.1 Å². The number of nitrogens with two attached hydrogens (primary N) is 1. The van der Waals surface area contributed by atoms with Crippen molar-refractivity contribution in [2.75, 3.05) is 12.3 Å². The summed E-state index contributed by atoms with van der Waals surface area (Å²) in [6.45, 7) is 1.16. The van der Waals surface area contributed by atoms with Gasteiger partial charge in [-0.15, -0.1) is 0 Å². The molecule has 0 aliphatic rings. The molecule has 0 atom stereocenters. The lowest BCUT2D eigenvalue weighted by atomic mass is 10.3. The number of nitrogens with one attached hydrogen (secondary N) is 1. The van der Waals surface area contributed by atoms with Crippen LogP contribution in [-0.2, 0) is 6.54 Å². The van der Waals surface area contributed by atoms with E-state index in [4.69, 9.17) is 5.73 Å². The van der Waals surface area contributed by atoms with E-state index in [1.165, 1.54) is 11.3 Å². The summed E-state index contributed by atoms with van der Waals surface area (Å²) in [5.74, 6) is -0.0543. The van der Waals surface area contributed by atoms with Crippen LogP contribution in [0.15, 0.2) is 29.2 Å². The molecular formula is C10H12N4OS. The van der Waals surface area contributed by atoms with Crippen molar-refractivity contribution in [3.05, 3.63) is 34.8 Å². The van der Waals surface area contributed by atoms with E-state index in [2.05, 4.69) is 10.4 Å². The molecule has 0 aromatic carbocycles. The van der Waals surface area contributed by atoms with Gasteiger partial charge in [0.2, 0.25) is 0 Å². The second-order valence-electron chi connectivity index (χ2n) is 3.30. The Balaban J connectivity index is 1.78. The number of nitrogen functional groups attached to an aromatic ring is 1. The fraction of sp³-hybridized carbons (Fsp3) is 0.200. The van der Waals surface area contributed by atoms with Gasteiger partial charge in [-0.2, -0.15) is 16.4 Å². The summed E-state index contributed by atoms with van der Waals surface area (Å²) in [6, 6.07) is 1.80. The van der Waals surface area contributed by atoms with Gasteiger partial charge in [0.15, 0.2) is 0 Å². The molecule has 2 aromatic rings. The minimum absolute atomic E-state index is 0.0543. The Morgan fingerprint density at radius 1 is 1.62 bits per heavy atom. The minimum Gasteiger partial charge on any atom is -0.396 e. The van der Waals surface area contributed by atoms with Crippen molar-refractivity contribution in [2.24, 2.45) is 0 Å². The van der Waals surface area contributed by atoms with E-state index >= 15 is 0 Å². The van der Waals surface area contributed by atoms with Crippen LogP contribution < -0.4 is 11.1 Å². The van der Waals surface area contributed by atoms with Gasteiger partial charge in [0.25, 0.3) is 5.91 Å². The van der Waals surface area contributed by atoms with Gasteiger partial charge in [0.05, 0.1) is 18.4 Å². The molecule has 5 nitrogen and oxygen atoms in total. The van der Waals surface area contributed by atoms with E-state index in [9.17, 15) is 4.79 Å². The molecule has 2 heterocycles. The third-order valence-corrected chi connectivity index (χ3v) is 2.75. The number of aromatic nitrogens is 2. The third kappa shape index (κ3) is 2.60. The number of hydrogen-bond acceptors (Lipinski definition) is 4. The first kappa shape index (κ1) is 10.7. The lowest BCUT2D eigenvalue weighted by Gasteiger charge is -2.03. The largest absolute Gasteiger partial charge is 0.396 e. The Hall–Kier alpha value is -1.82. The van der Waals surface area contributed by atoms with Crippen molar-refractivity contribution in [3.8, 4) is 0 Å². The predicted molar refractivity (Wildman–Crippen MR) is 63.3 cm³/mol. The smallest absolute Gasteiger partial charge is 0.252 e. The fourth-order valence-electron chi connectivity index (χ4n) is 1.28. The molecule has 16 heavy (non-hydrogen) atoms. The lowest BCUT2D eigenvalue weighted by Crippen LogP contribution is -2.26. The van der Waals surface area contributed by atoms with Crippen molar-refractivity contribution in [1.29, 1.82) is 0 Å². The van der Waals surface area contributed by atoms with Gasteiger partial charge >= 0.3 is 0 Å².